The molecule has 5 heteroatoms. The van der Waals surface area contributed by atoms with Gasteiger partial charge < -0.3 is 5.32 Å². The van der Waals surface area contributed by atoms with Crippen LogP contribution in [0, 0.1) is 0 Å². The van der Waals surface area contributed by atoms with E-state index in [4.69, 9.17) is 34.8 Å². The summed E-state index contributed by atoms with van der Waals surface area (Å²) in [5.74, 6) is 0.960. The summed E-state index contributed by atoms with van der Waals surface area (Å²) in [6.45, 7) is 0.801. The maximum absolute atomic E-state index is 6.05. The first kappa shape index (κ1) is 11.9. The van der Waals surface area contributed by atoms with Crippen LogP contribution in [0.5, 0.6) is 0 Å². The topological polar surface area (TPSA) is 24.9 Å². The number of pyridine rings is 1. The van der Waals surface area contributed by atoms with Crippen molar-refractivity contribution >= 4 is 40.5 Å². The van der Waals surface area contributed by atoms with E-state index in [0.717, 1.165) is 18.7 Å². The van der Waals surface area contributed by atoms with Gasteiger partial charge >= 0.3 is 0 Å². The van der Waals surface area contributed by atoms with E-state index < -0.39 is 0 Å². The summed E-state index contributed by atoms with van der Waals surface area (Å²) < 4.78 is 0. The molecule has 0 radical (unpaired) electrons. The quantitative estimate of drug-likeness (QED) is 0.641. The number of nitrogens with one attached hydrogen (secondary N) is 1. The van der Waals surface area contributed by atoms with E-state index in [0.29, 0.717) is 22.5 Å². The molecule has 0 spiro atoms. The molecule has 0 amide bonds. The molecule has 0 bridgehead atoms. The number of nitrogens with zero attached hydrogens (tertiary/aromatic N) is 1. The predicted octanol–water partition coefficient (Wildman–Crippen LogP) is 3.51. The highest BCUT2D eigenvalue weighted by Crippen LogP contribution is 2.24. The van der Waals surface area contributed by atoms with Gasteiger partial charge in [-0.15, -0.1) is 23.2 Å². The molecule has 0 aliphatic carbocycles. The first-order valence-electron chi connectivity index (χ1n) is 4.28. The van der Waals surface area contributed by atoms with Gasteiger partial charge in [0.15, 0.2) is 0 Å². The molecule has 0 atom stereocenters. The standard InChI is InChI=1S/C9H11Cl3N2/c10-3-1-4-13-7-2-5-14-8(6-11)9(7)12/h2,5H,1,3-4,6H2,(H,13,14). The Morgan fingerprint density at radius 3 is 2.79 bits per heavy atom. The van der Waals surface area contributed by atoms with E-state index in [2.05, 4.69) is 10.3 Å². The van der Waals surface area contributed by atoms with Gasteiger partial charge in [0, 0.05) is 18.6 Å². The van der Waals surface area contributed by atoms with Crippen molar-refractivity contribution in [2.75, 3.05) is 17.7 Å². The number of hydrogen-bond acceptors (Lipinski definition) is 2. The minimum Gasteiger partial charge on any atom is -0.384 e. The van der Waals surface area contributed by atoms with Gasteiger partial charge in [0.2, 0.25) is 0 Å². The Labute approximate surface area is 98.6 Å². The summed E-state index contributed by atoms with van der Waals surface area (Å²) in [5.41, 5.74) is 1.56. The van der Waals surface area contributed by atoms with Crippen LogP contribution < -0.4 is 5.32 Å². The fourth-order valence-electron chi connectivity index (χ4n) is 1.01. The third-order valence-electron chi connectivity index (χ3n) is 1.71. The zero-order valence-electron chi connectivity index (χ0n) is 7.56. The Kier molecular flexibility index (Phi) is 5.38. The fraction of sp³-hybridized carbons (Fsp3) is 0.444. The Morgan fingerprint density at radius 2 is 2.14 bits per heavy atom. The Morgan fingerprint density at radius 1 is 1.36 bits per heavy atom. The van der Waals surface area contributed by atoms with Crippen LogP contribution in [0.1, 0.15) is 12.1 Å². The lowest BCUT2D eigenvalue weighted by molar-refractivity contribution is 0.984. The lowest BCUT2D eigenvalue weighted by Gasteiger charge is -2.08. The number of rotatable bonds is 5. The van der Waals surface area contributed by atoms with Crippen molar-refractivity contribution in [1.29, 1.82) is 0 Å². The molecule has 0 unspecified atom stereocenters. The van der Waals surface area contributed by atoms with Crippen LogP contribution in [0.15, 0.2) is 12.3 Å². The van der Waals surface area contributed by atoms with Crippen LogP contribution in [-0.2, 0) is 5.88 Å². The van der Waals surface area contributed by atoms with Crippen molar-refractivity contribution in [1.82, 2.24) is 4.98 Å². The normalized spacial score (nSPS) is 10.2. The minimum absolute atomic E-state index is 0.323. The molecule has 1 aromatic heterocycles. The molecule has 0 saturated heterocycles. The van der Waals surface area contributed by atoms with E-state index in [1.807, 2.05) is 6.07 Å². The number of anilines is 1. The Hall–Kier alpha value is -0.180. The van der Waals surface area contributed by atoms with Crippen LogP contribution in [-0.4, -0.2) is 17.4 Å². The second-order valence-electron chi connectivity index (χ2n) is 2.72. The van der Waals surface area contributed by atoms with Crippen LogP contribution in [0.25, 0.3) is 0 Å². The molecule has 1 N–H and O–H groups in total. The highest BCUT2D eigenvalue weighted by Gasteiger charge is 2.05. The average Bonchev–Trinajstić information content (AvgIpc) is 2.21. The summed E-state index contributed by atoms with van der Waals surface area (Å²) in [6.07, 6.45) is 2.59. The number of halogens is 3. The minimum atomic E-state index is 0.323. The summed E-state index contributed by atoms with van der Waals surface area (Å²) in [6, 6.07) is 1.83. The van der Waals surface area contributed by atoms with E-state index >= 15 is 0 Å². The SMILES string of the molecule is ClCCCNc1ccnc(CCl)c1Cl. The van der Waals surface area contributed by atoms with E-state index in [-0.39, 0.29) is 0 Å². The third-order valence-corrected chi connectivity index (χ3v) is 2.66. The Balaban J connectivity index is 2.66. The van der Waals surface area contributed by atoms with Gasteiger partial charge in [-0.05, 0) is 12.5 Å². The summed E-state index contributed by atoms with van der Waals surface area (Å²) in [4.78, 5) is 4.06. The van der Waals surface area contributed by atoms with Crippen LogP contribution in [0.3, 0.4) is 0 Å². The maximum Gasteiger partial charge on any atom is 0.0865 e. The lowest BCUT2D eigenvalue weighted by atomic mass is 10.3. The van der Waals surface area contributed by atoms with E-state index in [9.17, 15) is 0 Å². The molecule has 0 saturated carbocycles. The van der Waals surface area contributed by atoms with Gasteiger partial charge in [-0.25, -0.2) is 0 Å². The summed E-state index contributed by atoms with van der Waals surface area (Å²) in [5, 5.41) is 3.77. The van der Waals surface area contributed by atoms with Gasteiger partial charge in [0.25, 0.3) is 0 Å². The first-order chi connectivity index (χ1) is 6.79. The van der Waals surface area contributed by atoms with Crippen molar-refractivity contribution in [3.63, 3.8) is 0 Å². The molecule has 0 aliphatic heterocycles. The van der Waals surface area contributed by atoms with Gasteiger partial charge in [0.05, 0.1) is 22.3 Å². The zero-order valence-corrected chi connectivity index (χ0v) is 9.83. The summed E-state index contributed by atoms with van der Waals surface area (Å²) in [7, 11) is 0. The molecular formula is C9H11Cl3N2. The lowest BCUT2D eigenvalue weighted by Crippen LogP contribution is -2.03. The number of aromatic nitrogens is 1. The molecule has 1 rings (SSSR count). The average molecular weight is 254 g/mol. The highest BCUT2D eigenvalue weighted by atomic mass is 35.5. The Bertz CT molecular complexity index is 291. The largest absolute Gasteiger partial charge is 0.384 e. The zero-order chi connectivity index (χ0) is 10.4. The van der Waals surface area contributed by atoms with Crippen LogP contribution in [0.2, 0.25) is 5.02 Å². The highest BCUT2D eigenvalue weighted by molar-refractivity contribution is 6.34. The monoisotopic (exact) mass is 252 g/mol. The molecule has 0 aliphatic rings. The molecule has 1 aromatic rings. The summed E-state index contributed by atoms with van der Waals surface area (Å²) >= 11 is 17.3. The molecule has 78 valence electrons. The molecule has 2 nitrogen and oxygen atoms in total. The maximum atomic E-state index is 6.05. The van der Waals surface area contributed by atoms with Crippen molar-refractivity contribution in [3.8, 4) is 0 Å². The van der Waals surface area contributed by atoms with Gasteiger partial charge in [-0.1, -0.05) is 11.6 Å². The predicted molar refractivity (Wildman–Crippen MR) is 62.6 cm³/mol. The number of hydrogen-bond donors (Lipinski definition) is 1. The first-order valence-corrected chi connectivity index (χ1v) is 5.73. The van der Waals surface area contributed by atoms with Crippen LogP contribution in [0.4, 0.5) is 5.69 Å². The second-order valence-corrected chi connectivity index (χ2v) is 3.75. The molecule has 14 heavy (non-hydrogen) atoms. The van der Waals surface area contributed by atoms with Gasteiger partial charge in [-0.3, -0.25) is 4.98 Å². The number of alkyl halides is 2. The van der Waals surface area contributed by atoms with Crippen molar-refractivity contribution in [2.45, 2.75) is 12.3 Å². The van der Waals surface area contributed by atoms with E-state index in [1.54, 1.807) is 6.20 Å². The van der Waals surface area contributed by atoms with Crippen molar-refractivity contribution < 1.29 is 0 Å². The van der Waals surface area contributed by atoms with Gasteiger partial charge in [0.1, 0.15) is 0 Å². The molecule has 1 heterocycles. The molecule has 0 aromatic carbocycles. The van der Waals surface area contributed by atoms with Crippen molar-refractivity contribution in [3.05, 3.63) is 23.0 Å². The van der Waals surface area contributed by atoms with Gasteiger partial charge in [-0.2, -0.15) is 0 Å². The smallest absolute Gasteiger partial charge is 0.0865 e. The van der Waals surface area contributed by atoms with Crippen molar-refractivity contribution in [2.24, 2.45) is 0 Å². The second kappa shape index (κ2) is 6.33. The fourth-order valence-corrected chi connectivity index (χ4v) is 1.66. The molecule has 0 fully saturated rings. The van der Waals surface area contributed by atoms with Crippen LogP contribution >= 0.6 is 34.8 Å². The van der Waals surface area contributed by atoms with E-state index in [1.165, 1.54) is 0 Å². The molecular weight excluding hydrogens is 242 g/mol. The third kappa shape index (κ3) is 3.19.